The molecule has 1 aromatic carbocycles. The average Bonchev–Trinajstić information content (AvgIpc) is 2.97. The van der Waals surface area contributed by atoms with E-state index in [0.717, 1.165) is 15.8 Å². The van der Waals surface area contributed by atoms with Crippen LogP contribution in [0.1, 0.15) is 46.4 Å². The van der Waals surface area contributed by atoms with Crippen molar-refractivity contribution in [2.45, 2.75) is 33.8 Å². The van der Waals surface area contributed by atoms with Gasteiger partial charge in [0.05, 0.1) is 18.3 Å². The van der Waals surface area contributed by atoms with Crippen LogP contribution in [-0.2, 0) is 14.3 Å². The number of thiophene rings is 1. The first kappa shape index (κ1) is 22.9. The smallest absolute Gasteiger partial charge is 0.348 e. The van der Waals surface area contributed by atoms with Gasteiger partial charge in [0, 0.05) is 4.47 Å². The van der Waals surface area contributed by atoms with Gasteiger partial charge in [0.2, 0.25) is 0 Å². The maximum absolute atomic E-state index is 12.4. The van der Waals surface area contributed by atoms with E-state index in [9.17, 15) is 14.4 Å². The molecule has 0 saturated heterocycles. The summed E-state index contributed by atoms with van der Waals surface area (Å²) < 4.78 is 16.6. The lowest BCUT2D eigenvalue weighted by Crippen LogP contribution is -2.21. The summed E-state index contributed by atoms with van der Waals surface area (Å²) >= 11 is 4.30. The standard InChI is InChI=1S/C20H22BrNO6S/c1-5-26-19(24)16-12(4)17(20(25)28-11(2)3)29-18(16)22-15(23)10-27-14-8-6-13(21)7-9-14/h6-9,11H,5,10H2,1-4H3,(H,22,23). The molecule has 9 heteroatoms. The third kappa shape index (κ3) is 6.30. The van der Waals surface area contributed by atoms with Crippen LogP contribution in [0.15, 0.2) is 28.7 Å². The van der Waals surface area contributed by atoms with Crippen molar-refractivity contribution in [2.24, 2.45) is 0 Å². The zero-order chi connectivity index (χ0) is 21.6. The molecule has 0 spiro atoms. The molecule has 2 rings (SSSR count). The van der Waals surface area contributed by atoms with E-state index in [-0.39, 0.29) is 34.8 Å². The van der Waals surface area contributed by atoms with E-state index in [1.807, 2.05) is 0 Å². The summed E-state index contributed by atoms with van der Waals surface area (Å²) in [4.78, 5) is 37.3. The van der Waals surface area contributed by atoms with Gasteiger partial charge in [0.25, 0.3) is 5.91 Å². The Kier molecular flexibility index (Phi) is 8.21. The highest BCUT2D eigenvalue weighted by atomic mass is 79.9. The molecular weight excluding hydrogens is 462 g/mol. The van der Waals surface area contributed by atoms with Crippen LogP contribution < -0.4 is 10.1 Å². The largest absolute Gasteiger partial charge is 0.484 e. The Bertz CT molecular complexity index is 891. The number of amides is 1. The Morgan fingerprint density at radius 3 is 2.38 bits per heavy atom. The van der Waals surface area contributed by atoms with Gasteiger partial charge in [0.15, 0.2) is 6.61 Å². The molecule has 1 N–H and O–H groups in total. The van der Waals surface area contributed by atoms with Gasteiger partial charge in [0.1, 0.15) is 15.6 Å². The second kappa shape index (κ2) is 10.4. The molecule has 0 aliphatic heterocycles. The quantitative estimate of drug-likeness (QED) is 0.552. The third-order valence-electron chi connectivity index (χ3n) is 3.59. The number of hydrogen-bond acceptors (Lipinski definition) is 7. The molecule has 0 aliphatic carbocycles. The highest BCUT2D eigenvalue weighted by Gasteiger charge is 2.27. The first-order valence-electron chi connectivity index (χ1n) is 8.92. The molecule has 0 saturated carbocycles. The van der Waals surface area contributed by atoms with Gasteiger partial charge < -0.3 is 19.5 Å². The van der Waals surface area contributed by atoms with Crippen LogP contribution in [0, 0.1) is 6.92 Å². The Morgan fingerprint density at radius 2 is 1.79 bits per heavy atom. The fourth-order valence-electron chi connectivity index (χ4n) is 2.36. The topological polar surface area (TPSA) is 90.9 Å². The maximum Gasteiger partial charge on any atom is 0.348 e. The summed E-state index contributed by atoms with van der Waals surface area (Å²) in [6.07, 6.45) is -0.313. The van der Waals surface area contributed by atoms with E-state index in [1.54, 1.807) is 52.0 Å². The molecule has 0 atom stereocenters. The molecule has 0 fully saturated rings. The zero-order valence-corrected chi connectivity index (χ0v) is 18.9. The van der Waals surface area contributed by atoms with Crippen molar-refractivity contribution >= 4 is 50.1 Å². The van der Waals surface area contributed by atoms with Gasteiger partial charge in [-0.05, 0) is 57.5 Å². The highest BCUT2D eigenvalue weighted by Crippen LogP contribution is 2.34. The monoisotopic (exact) mass is 483 g/mol. The number of carbonyl (C=O) groups excluding carboxylic acids is 3. The van der Waals surface area contributed by atoms with Crippen molar-refractivity contribution in [1.29, 1.82) is 0 Å². The number of ether oxygens (including phenoxy) is 3. The van der Waals surface area contributed by atoms with Crippen molar-refractivity contribution in [2.75, 3.05) is 18.5 Å². The molecule has 0 bridgehead atoms. The summed E-state index contributed by atoms with van der Waals surface area (Å²) in [6.45, 7) is 6.67. The van der Waals surface area contributed by atoms with Crippen molar-refractivity contribution < 1.29 is 28.6 Å². The van der Waals surface area contributed by atoms with Crippen molar-refractivity contribution in [1.82, 2.24) is 0 Å². The summed E-state index contributed by atoms with van der Waals surface area (Å²) in [7, 11) is 0. The van der Waals surface area contributed by atoms with Crippen LogP contribution in [0.25, 0.3) is 0 Å². The molecule has 1 aromatic heterocycles. The second-order valence-corrected chi connectivity index (χ2v) is 8.16. The van der Waals surface area contributed by atoms with Crippen molar-refractivity contribution in [3.8, 4) is 5.75 Å². The van der Waals surface area contributed by atoms with Crippen LogP contribution in [0.5, 0.6) is 5.75 Å². The van der Waals surface area contributed by atoms with Crippen LogP contribution in [-0.4, -0.2) is 37.2 Å². The lowest BCUT2D eigenvalue weighted by Gasteiger charge is -2.08. The zero-order valence-electron chi connectivity index (χ0n) is 16.5. The van der Waals surface area contributed by atoms with Gasteiger partial charge in [-0.15, -0.1) is 11.3 Å². The predicted molar refractivity (Wildman–Crippen MR) is 114 cm³/mol. The molecule has 156 valence electrons. The third-order valence-corrected chi connectivity index (χ3v) is 5.31. The summed E-state index contributed by atoms with van der Waals surface area (Å²) in [5, 5.41) is 2.86. The number of anilines is 1. The van der Waals surface area contributed by atoms with E-state index >= 15 is 0 Å². The number of halogens is 1. The van der Waals surface area contributed by atoms with E-state index in [0.29, 0.717) is 11.3 Å². The van der Waals surface area contributed by atoms with Crippen LogP contribution in [0.2, 0.25) is 0 Å². The minimum absolute atomic E-state index is 0.143. The maximum atomic E-state index is 12.4. The molecule has 29 heavy (non-hydrogen) atoms. The van der Waals surface area contributed by atoms with E-state index in [4.69, 9.17) is 14.2 Å². The van der Waals surface area contributed by atoms with Gasteiger partial charge in [-0.2, -0.15) is 0 Å². The summed E-state index contributed by atoms with van der Waals surface area (Å²) in [6, 6.07) is 7.02. The minimum atomic E-state index is -0.617. The summed E-state index contributed by atoms with van der Waals surface area (Å²) in [5.74, 6) is -1.12. The first-order valence-corrected chi connectivity index (χ1v) is 10.5. The van der Waals surface area contributed by atoms with Gasteiger partial charge in [-0.3, -0.25) is 4.79 Å². The Balaban J connectivity index is 2.20. The van der Waals surface area contributed by atoms with Crippen molar-refractivity contribution in [3.63, 3.8) is 0 Å². The van der Waals surface area contributed by atoms with Crippen molar-refractivity contribution in [3.05, 3.63) is 44.7 Å². The summed E-state index contributed by atoms with van der Waals surface area (Å²) in [5.41, 5.74) is 0.549. The minimum Gasteiger partial charge on any atom is -0.484 e. The molecule has 0 radical (unpaired) electrons. The average molecular weight is 484 g/mol. The first-order chi connectivity index (χ1) is 13.7. The van der Waals surface area contributed by atoms with Crippen LogP contribution in [0.3, 0.4) is 0 Å². The Hall–Kier alpha value is -2.39. The highest BCUT2D eigenvalue weighted by molar-refractivity contribution is 9.10. The number of benzene rings is 1. The fourth-order valence-corrected chi connectivity index (χ4v) is 3.71. The van der Waals surface area contributed by atoms with Crippen LogP contribution in [0.4, 0.5) is 5.00 Å². The lowest BCUT2D eigenvalue weighted by molar-refractivity contribution is -0.118. The number of esters is 2. The molecule has 2 aromatic rings. The Morgan fingerprint density at radius 1 is 1.14 bits per heavy atom. The molecule has 0 aliphatic rings. The number of rotatable bonds is 8. The van der Waals surface area contributed by atoms with E-state index < -0.39 is 17.8 Å². The molecule has 1 amide bonds. The number of carbonyl (C=O) groups is 3. The predicted octanol–water partition coefficient (Wildman–Crippen LogP) is 4.58. The van der Waals surface area contributed by atoms with E-state index in [1.165, 1.54) is 0 Å². The lowest BCUT2D eigenvalue weighted by atomic mass is 10.1. The fraction of sp³-hybridized carbons (Fsp3) is 0.350. The normalized spacial score (nSPS) is 10.6. The second-order valence-electron chi connectivity index (χ2n) is 6.23. The van der Waals surface area contributed by atoms with Gasteiger partial charge >= 0.3 is 11.9 Å². The van der Waals surface area contributed by atoms with Gasteiger partial charge in [-0.1, -0.05) is 15.9 Å². The van der Waals surface area contributed by atoms with Crippen LogP contribution >= 0.6 is 27.3 Å². The molecule has 7 nitrogen and oxygen atoms in total. The molecule has 1 heterocycles. The van der Waals surface area contributed by atoms with E-state index in [2.05, 4.69) is 21.2 Å². The number of nitrogens with one attached hydrogen (secondary N) is 1. The molecule has 0 unspecified atom stereocenters. The molecular formula is C20H22BrNO6S. The number of hydrogen-bond donors (Lipinski definition) is 1. The SMILES string of the molecule is CCOC(=O)c1c(NC(=O)COc2ccc(Br)cc2)sc(C(=O)OC(C)C)c1C. The Labute approximate surface area is 181 Å². The van der Waals surface area contributed by atoms with Gasteiger partial charge in [-0.25, -0.2) is 9.59 Å².